The van der Waals surface area contributed by atoms with Gasteiger partial charge in [0.25, 0.3) is 0 Å². The third-order valence-corrected chi connectivity index (χ3v) is 3.54. The van der Waals surface area contributed by atoms with Crippen LogP contribution in [0.4, 0.5) is 0 Å². The Labute approximate surface area is 111 Å². The Kier molecular flexibility index (Phi) is 2.93. The second kappa shape index (κ2) is 4.61. The van der Waals surface area contributed by atoms with Gasteiger partial charge in [-0.25, -0.2) is 4.79 Å². The zero-order valence-corrected chi connectivity index (χ0v) is 11.1. The summed E-state index contributed by atoms with van der Waals surface area (Å²) in [4.78, 5) is 12.0. The van der Waals surface area contributed by atoms with Gasteiger partial charge in [0, 0.05) is 10.9 Å². The fourth-order valence-corrected chi connectivity index (χ4v) is 2.74. The lowest BCUT2D eigenvalue weighted by Crippen LogP contribution is -2.08. The van der Waals surface area contributed by atoms with Crippen molar-refractivity contribution in [1.29, 1.82) is 0 Å². The van der Waals surface area contributed by atoms with Crippen molar-refractivity contribution < 1.29 is 18.7 Å². The van der Waals surface area contributed by atoms with Gasteiger partial charge in [-0.3, -0.25) is 0 Å². The quantitative estimate of drug-likeness (QED) is 0.796. The van der Waals surface area contributed by atoms with Crippen molar-refractivity contribution in [1.82, 2.24) is 0 Å². The SMILES string of the molecule is CCOC(=O)c1oc2c(OC)ccc3c2c1CCC3. The second-order valence-corrected chi connectivity index (χ2v) is 4.61. The van der Waals surface area contributed by atoms with Gasteiger partial charge in [0.2, 0.25) is 5.76 Å². The smallest absolute Gasteiger partial charge is 0.374 e. The summed E-state index contributed by atoms with van der Waals surface area (Å²) >= 11 is 0. The number of methoxy groups -OCH3 is 1. The molecule has 1 heterocycles. The molecule has 0 bridgehead atoms. The summed E-state index contributed by atoms with van der Waals surface area (Å²) in [6.45, 7) is 2.14. The van der Waals surface area contributed by atoms with Crippen LogP contribution >= 0.6 is 0 Å². The van der Waals surface area contributed by atoms with Crippen molar-refractivity contribution in [2.45, 2.75) is 26.2 Å². The highest BCUT2D eigenvalue weighted by Crippen LogP contribution is 2.39. The highest BCUT2D eigenvalue weighted by atomic mass is 16.5. The topological polar surface area (TPSA) is 48.7 Å². The minimum Gasteiger partial charge on any atom is -0.493 e. The van der Waals surface area contributed by atoms with E-state index in [4.69, 9.17) is 13.9 Å². The molecule has 0 spiro atoms. The highest BCUT2D eigenvalue weighted by molar-refractivity contribution is 5.99. The van der Waals surface area contributed by atoms with Gasteiger partial charge in [0.05, 0.1) is 13.7 Å². The molecular formula is C15H16O4. The van der Waals surface area contributed by atoms with Gasteiger partial charge in [-0.05, 0) is 37.8 Å². The summed E-state index contributed by atoms with van der Waals surface area (Å²) in [6, 6.07) is 3.94. The standard InChI is InChI=1S/C15H16O4/c1-3-18-15(16)13-10-6-4-5-9-7-8-11(17-2)14(19-13)12(9)10/h7-8H,3-6H2,1-2H3. The molecule has 1 aromatic carbocycles. The van der Waals surface area contributed by atoms with Gasteiger partial charge >= 0.3 is 5.97 Å². The molecule has 4 nitrogen and oxygen atoms in total. The van der Waals surface area contributed by atoms with E-state index in [9.17, 15) is 4.79 Å². The van der Waals surface area contributed by atoms with Crippen molar-refractivity contribution in [3.05, 3.63) is 29.0 Å². The van der Waals surface area contributed by atoms with Crippen LogP contribution in [0.15, 0.2) is 16.5 Å². The molecule has 3 rings (SSSR count). The van der Waals surface area contributed by atoms with Crippen LogP contribution in [0.5, 0.6) is 5.75 Å². The first-order valence-corrected chi connectivity index (χ1v) is 6.54. The Morgan fingerprint density at radius 2 is 2.21 bits per heavy atom. The number of furan rings is 1. The van der Waals surface area contributed by atoms with Gasteiger partial charge in [0.1, 0.15) is 0 Å². The van der Waals surface area contributed by atoms with Crippen LogP contribution in [0.1, 0.15) is 35.0 Å². The molecular weight excluding hydrogens is 244 g/mol. The summed E-state index contributed by atoms with van der Waals surface area (Å²) in [7, 11) is 1.60. The normalized spacial score (nSPS) is 13.6. The van der Waals surface area contributed by atoms with Crippen molar-refractivity contribution in [2.75, 3.05) is 13.7 Å². The molecule has 0 atom stereocenters. The molecule has 0 saturated carbocycles. The highest BCUT2D eigenvalue weighted by Gasteiger charge is 2.27. The molecule has 4 heteroatoms. The third-order valence-electron chi connectivity index (χ3n) is 3.54. The number of esters is 1. The number of carbonyl (C=O) groups excluding carboxylic acids is 1. The number of aryl methyl sites for hydroxylation is 2. The number of carbonyl (C=O) groups is 1. The molecule has 1 aliphatic carbocycles. The monoisotopic (exact) mass is 260 g/mol. The molecule has 0 unspecified atom stereocenters. The predicted octanol–water partition coefficient (Wildman–Crippen LogP) is 3.11. The molecule has 2 aromatic rings. The van der Waals surface area contributed by atoms with Gasteiger partial charge in [-0.15, -0.1) is 0 Å². The van der Waals surface area contributed by atoms with Crippen LogP contribution in [-0.4, -0.2) is 19.7 Å². The van der Waals surface area contributed by atoms with E-state index in [1.807, 2.05) is 12.1 Å². The second-order valence-electron chi connectivity index (χ2n) is 4.61. The van der Waals surface area contributed by atoms with E-state index in [0.717, 1.165) is 30.2 Å². The first kappa shape index (κ1) is 12.1. The Balaban J connectivity index is 2.25. The Bertz CT molecular complexity index is 639. The third kappa shape index (κ3) is 1.79. The van der Waals surface area contributed by atoms with Gasteiger partial charge in [-0.1, -0.05) is 6.07 Å². The molecule has 0 fully saturated rings. The Morgan fingerprint density at radius 3 is 2.95 bits per heavy atom. The number of hydrogen-bond donors (Lipinski definition) is 0. The van der Waals surface area contributed by atoms with E-state index >= 15 is 0 Å². The summed E-state index contributed by atoms with van der Waals surface area (Å²) in [5.74, 6) is 0.614. The Hall–Kier alpha value is -1.97. The maximum atomic E-state index is 12.0. The van der Waals surface area contributed by atoms with Crippen LogP contribution in [0, 0.1) is 0 Å². The molecule has 0 aliphatic heterocycles. The maximum Gasteiger partial charge on any atom is 0.374 e. The fourth-order valence-electron chi connectivity index (χ4n) is 2.74. The molecule has 0 saturated heterocycles. The van der Waals surface area contributed by atoms with Crippen molar-refractivity contribution in [3.8, 4) is 5.75 Å². The average molecular weight is 260 g/mol. The van der Waals surface area contributed by atoms with E-state index in [1.165, 1.54) is 5.56 Å². The molecule has 1 aliphatic rings. The average Bonchev–Trinajstić information content (AvgIpc) is 2.82. The number of benzene rings is 1. The number of hydrogen-bond acceptors (Lipinski definition) is 4. The molecule has 0 radical (unpaired) electrons. The van der Waals surface area contributed by atoms with E-state index in [1.54, 1.807) is 14.0 Å². The number of ether oxygens (including phenoxy) is 2. The number of rotatable bonds is 3. The molecule has 100 valence electrons. The van der Waals surface area contributed by atoms with Gasteiger partial charge < -0.3 is 13.9 Å². The zero-order valence-electron chi connectivity index (χ0n) is 11.1. The summed E-state index contributed by atoms with van der Waals surface area (Å²) in [5, 5.41) is 1.04. The largest absolute Gasteiger partial charge is 0.493 e. The van der Waals surface area contributed by atoms with Gasteiger partial charge in [0.15, 0.2) is 11.3 Å². The van der Waals surface area contributed by atoms with Crippen molar-refractivity contribution in [2.24, 2.45) is 0 Å². The Morgan fingerprint density at radius 1 is 1.37 bits per heavy atom. The maximum absolute atomic E-state index is 12.0. The summed E-state index contributed by atoms with van der Waals surface area (Å²) in [5.41, 5.74) is 2.85. The lowest BCUT2D eigenvalue weighted by atomic mass is 9.91. The molecule has 19 heavy (non-hydrogen) atoms. The molecule has 1 aromatic heterocycles. The van der Waals surface area contributed by atoms with Crippen LogP contribution in [0.25, 0.3) is 11.0 Å². The van der Waals surface area contributed by atoms with E-state index in [2.05, 4.69) is 0 Å². The van der Waals surface area contributed by atoms with E-state index < -0.39 is 0 Å². The first-order valence-electron chi connectivity index (χ1n) is 6.54. The van der Waals surface area contributed by atoms with Crippen LogP contribution in [0.2, 0.25) is 0 Å². The lowest BCUT2D eigenvalue weighted by Gasteiger charge is -2.12. The van der Waals surface area contributed by atoms with Crippen LogP contribution in [-0.2, 0) is 17.6 Å². The first-order chi connectivity index (χ1) is 9.26. The van der Waals surface area contributed by atoms with Gasteiger partial charge in [-0.2, -0.15) is 0 Å². The van der Waals surface area contributed by atoms with Crippen LogP contribution in [0.3, 0.4) is 0 Å². The van der Waals surface area contributed by atoms with Crippen molar-refractivity contribution >= 4 is 16.9 Å². The van der Waals surface area contributed by atoms with E-state index in [0.29, 0.717) is 23.7 Å². The minimum absolute atomic E-state index is 0.335. The predicted molar refractivity (Wildman–Crippen MR) is 70.7 cm³/mol. The lowest BCUT2D eigenvalue weighted by molar-refractivity contribution is 0.0490. The fraction of sp³-hybridized carbons (Fsp3) is 0.400. The van der Waals surface area contributed by atoms with Crippen LogP contribution < -0.4 is 4.74 Å². The summed E-state index contributed by atoms with van der Waals surface area (Å²) < 4.78 is 16.1. The van der Waals surface area contributed by atoms with Crippen molar-refractivity contribution in [3.63, 3.8) is 0 Å². The zero-order chi connectivity index (χ0) is 13.4. The molecule has 0 amide bonds. The van der Waals surface area contributed by atoms with E-state index in [-0.39, 0.29) is 5.97 Å². The minimum atomic E-state index is -0.386. The molecule has 0 N–H and O–H groups in total. The summed E-state index contributed by atoms with van der Waals surface area (Å²) in [6.07, 6.45) is 2.89.